The van der Waals surface area contributed by atoms with Gasteiger partial charge in [-0.1, -0.05) is 11.6 Å². The van der Waals surface area contributed by atoms with Crippen molar-refractivity contribution < 1.29 is 23.4 Å². The van der Waals surface area contributed by atoms with E-state index in [9.17, 15) is 13.9 Å². The Morgan fingerprint density at radius 1 is 1.15 bits per heavy atom. The molecule has 210 valence electrons. The zero-order valence-electron chi connectivity index (χ0n) is 21.9. The molecule has 12 heteroatoms. The largest absolute Gasteiger partial charge is 0.493 e. The Labute approximate surface area is 234 Å². The van der Waals surface area contributed by atoms with Crippen LogP contribution in [0.1, 0.15) is 43.9 Å². The van der Waals surface area contributed by atoms with Gasteiger partial charge in [-0.05, 0) is 56.5 Å². The van der Waals surface area contributed by atoms with Crippen molar-refractivity contribution in [2.45, 2.75) is 50.9 Å². The van der Waals surface area contributed by atoms with Crippen molar-refractivity contribution in [1.29, 1.82) is 0 Å². The van der Waals surface area contributed by atoms with Crippen LogP contribution in [0.25, 0.3) is 22.6 Å². The molecule has 4 aromatic rings. The highest BCUT2D eigenvalue weighted by atomic mass is 35.5. The van der Waals surface area contributed by atoms with Crippen LogP contribution in [0.15, 0.2) is 42.9 Å². The molecule has 0 amide bonds. The number of aliphatic hydroxyl groups excluding tert-OH is 1. The van der Waals surface area contributed by atoms with Crippen molar-refractivity contribution in [2.24, 2.45) is 0 Å². The standard InChI is InChI=1S/C28H29ClF2N6O3/c1-28(6-7-28)40-27-23-26(33-16-34-27)37(13-18-11-17(24(30)31)5-8-32-18)25(35-23)21-4-3-20(12-22(21)29)39-10-2-9-36-14-19(38)15-36/h3-5,8,11-12,16,19,24,38H,2,6-7,9-10,13-15H2,1H3. The number of hydrogen-bond acceptors (Lipinski definition) is 8. The Morgan fingerprint density at radius 3 is 2.70 bits per heavy atom. The summed E-state index contributed by atoms with van der Waals surface area (Å²) in [6.45, 7) is 4.95. The van der Waals surface area contributed by atoms with Gasteiger partial charge in [0.25, 0.3) is 6.43 Å². The van der Waals surface area contributed by atoms with Crippen LogP contribution in [0, 0.1) is 0 Å². The average Bonchev–Trinajstić information content (AvgIpc) is 3.53. The molecule has 6 rings (SSSR count). The number of hydrogen-bond donors (Lipinski definition) is 1. The van der Waals surface area contributed by atoms with Gasteiger partial charge in [-0.2, -0.15) is 4.98 Å². The maximum absolute atomic E-state index is 13.4. The van der Waals surface area contributed by atoms with E-state index in [1.807, 2.05) is 19.1 Å². The van der Waals surface area contributed by atoms with Gasteiger partial charge >= 0.3 is 0 Å². The average molecular weight is 571 g/mol. The van der Waals surface area contributed by atoms with Crippen LogP contribution < -0.4 is 9.47 Å². The number of aromatic nitrogens is 5. The van der Waals surface area contributed by atoms with Crippen LogP contribution in [-0.2, 0) is 6.54 Å². The zero-order valence-corrected chi connectivity index (χ0v) is 22.7. The molecule has 0 unspecified atom stereocenters. The minimum absolute atomic E-state index is 0.110. The first-order valence-corrected chi connectivity index (χ1v) is 13.6. The van der Waals surface area contributed by atoms with Gasteiger partial charge in [0, 0.05) is 37.0 Å². The number of likely N-dealkylation sites (tertiary alicyclic amines) is 1. The summed E-state index contributed by atoms with van der Waals surface area (Å²) in [6.07, 6.45) is 2.62. The van der Waals surface area contributed by atoms with Gasteiger partial charge in [0.15, 0.2) is 11.2 Å². The fourth-order valence-electron chi connectivity index (χ4n) is 4.71. The quantitative estimate of drug-likeness (QED) is 0.254. The van der Waals surface area contributed by atoms with Gasteiger partial charge in [0.05, 0.1) is 30.0 Å². The SMILES string of the molecule is CC1(Oc2ncnc3c2nc(-c2ccc(OCCCN4CC(O)C4)cc2Cl)n3Cc2cc(C(F)F)ccn2)CC1. The number of pyridine rings is 1. The fourth-order valence-corrected chi connectivity index (χ4v) is 4.96. The summed E-state index contributed by atoms with van der Waals surface area (Å²) >= 11 is 6.75. The number of halogens is 3. The van der Waals surface area contributed by atoms with E-state index in [2.05, 4.69) is 19.9 Å². The second kappa shape index (κ2) is 10.9. The Hall–Kier alpha value is -3.41. The molecule has 1 saturated carbocycles. The number of benzene rings is 1. The maximum atomic E-state index is 13.4. The van der Waals surface area contributed by atoms with Gasteiger partial charge < -0.3 is 19.1 Å². The maximum Gasteiger partial charge on any atom is 0.263 e. The lowest BCUT2D eigenvalue weighted by Gasteiger charge is -2.35. The third kappa shape index (κ3) is 5.72. The van der Waals surface area contributed by atoms with Gasteiger partial charge in [0.1, 0.15) is 23.5 Å². The van der Waals surface area contributed by atoms with Gasteiger partial charge in [-0.15, -0.1) is 0 Å². The monoisotopic (exact) mass is 570 g/mol. The molecule has 2 aliphatic rings. The van der Waals surface area contributed by atoms with E-state index in [4.69, 9.17) is 26.1 Å². The molecule has 2 fully saturated rings. The van der Waals surface area contributed by atoms with Crippen molar-refractivity contribution >= 4 is 22.8 Å². The molecule has 1 aliphatic carbocycles. The first kappa shape index (κ1) is 26.8. The molecule has 40 heavy (non-hydrogen) atoms. The Balaban J connectivity index is 1.31. The minimum Gasteiger partial charge on any atom is -0.493 e. The molecule has 0 bridgehead atoms. The van der Waals surface area contributed by atoms with Crippen LogP contribution in [0.3, 0.4) is 0 Å². The van der Waals surface area contributed by atoms with Crippen LogP contribution in [0.5, 0.6) is 11.6 Å². The number of β-amino-alcohol motifs (C(OH)–C–C–N with tert-alkyl or cyclic N) is 1. The third-order valence-electron chi connectivity index (χ3n) is 7.22. The molecule has 1 N–H and O–H groups in total. The number of nitrogens with zero attached hydrogens (tertiary/aromatic N) is 6. The molecule has 3 aromatic heterocycles. The van der Waals surface area contributed by atoms with Gasteiger partial charge in [0.2, 0.25) is 5.88 Å². The summed E-state index contributed by atoms with van der Waals surface area (Å²) in [7, 11) is 0. The van der Waals surface area contributed by atoms with E-state index >= 15 is 0 Å². The molecule has 1 aromatic carbocycles. The second-order valence-corrected chi connectivity index (χ2v) is 11.0. The normalized spacial score (nSPS) is 16.9. The highest BCUT2D eigenvalue weighted by molar-refractivity contribution is 6.33. The van der Waals surface area contributed by atoms with Crippen molar-refractivity contribution in [3.63, 3.8) is 0 Å². The topological polar surface area (TPSA) is 98.4 Å². The summed E-state index contributed by atoms with van der Waals surface area (Å²) in [5, 5.41) is 9.83. The van der Waals surface area contributed by atoms with E-state index in [1.165, 1.54) is 24.7 Å². The van der Waals surface area contributed by atoms with Crippen molar-refractivity contribution in [3.05, 3.63) is 59.1 Å². The summed E-state index contributed by atoms with van der Waals surface area (Å²) in [5.41, 5.74) is 1.60. The van der Waals surface area contributed by atoms with E-state index in [-0.39, 0.29) is 23.8 Å². The predicted molar refractivity (Wildman–Crippen MR) is 145 cm³/mol. The van der Waals surface area contributed by atoms with Crippen molar-refractivity contribution in [1.82, 2.24) is 29.4 Å². The van der Waals surface area contributed by atoms with Crippen LogP contribution in [-0.4, -0.2) is 72.5 Å². The smallest absolute Gasteiger partial charge is 0.263 e. The molecule has 0 radical (unpaired) electrons. The zero-order chi connectivity index (χ0) is 27.9. The molecular weight excluding hydrogens is 542 g/mol. The second-order valence-electron chi connectivity index (χ2n) is 10.6. The predicted octanol–water partition coefficient (Wildman–Crippen LogP) is 4.90. The molecule has 0 atom stereocenters. The molecular formula is C28H29ClF2N6O3. The van der Waals surface area contributed by atoms with Gasteiger partial charge in [-0.3, -0.25) is 9.88 Å². The summed E-state index contributed by atoms with van der Waals surface area (Å²) in [4.78, 5) is 20.1. The molecule has 1 saturated heterocycles. The van der Waals surface area contributed by atoms with Crippen molar-refractivity contribution in [3.8, 4) is 23.0 Å². The highest BCUT2D eigenvalue weighted by Crippen LogP contribution is 2.41. The highest BCUT2D eigenvalue weighted by Gasteiger charge is 2.41. The van der Waals surface area contributed by atoms with Crippen LogP contribution in [0.4, 0.5) is 8.78 Å². The molecule has 0 spiro atoms. The lowest BCUT2D eigenvalue weighted by molar-refractivity contribution is 0.0000471. The van der Waals surface area contributed by atoms with Crippen LogP contribution in [0.2, 0.25) is 5.02 Å². The Bertz CT molecular complexity index is 1520. The Kier molecular flexibility index (Phi) is 7.28. The van der Waals surface area contributed by atoms with Crippen LogP contribution >= 0.6 is 11.6 Å². The van der Waals surface area contributed by atoms with E-state index in [1.54, 1.807) is 10.6 Å². The number of fused-ring (bicyclic) bond motifs is 1. The summed E-state index contributed by atoms with van der Waals surface area (Å²) in [6, 6.07) is 8.05. The lowest BCUT2D eigenvalue weighted by Crippen LogP contribution is -2.50. The number of alkyl halides is 2. The van der Waals surface area contributed by atoms with Gasteiger partial charge in [-0.25, -0.2) is 18.7 Å². The fraction of sp³-hybridized carbons (Fsp3) is 0.429. The third-order valence-corrected chi connectivity index (χ3v) is 7.53. The summed E-state index contributed by atoms with van der Waals surface area (Å²) < 4.78 is 40.6. The van der Waals surface area contributed by atoms with E-state index in [0.29, 0.717) is 64.6 Å². The van der Waals surface area contributed by atoms with E-state index < -0.39 is 6.43 Å². The molecule has 9 nitrogen and oxygen atoms in total. The summed E-state index contributed by atoms with van der Waals surface area (Å²) in [5.74, 6) is 1.47. The number of ether oxygens (including phenoxy) is 2. The molecule has 4 heterocycles. The minimum atomic E-state index is -2.61. The molecule has 1 aliphatic heterocycles. The first-order chi connectivity index (χ1) is 19.3. The van der Waals surface area contributed by atoms with E-state index in [0.717, 1.165) is 25.8 Å². The number of rotatable bonds is 11. The van der Waals surface area contributed by atoms with Crippen molar-refractivity contribution in [2.75, 3.05) is 26.2 Å². The number of imidazole rings is 1. The Morgan fingerprint density at radius 2 is 1.98 bits per heavy atom. The number of aliphatic hydroxyl groups is 1. The lowest BCUT2D eigenvalue weighted by atomic mass is 10.1. The first-order valence-electron chi connectivity index (χ1n) is 13.2.